The van der Waals surface area contributed by atoms with Gasteiger partial charge in [-0.3, -0.25) is 9.58 Å². The van der Waals surface area contributed by atoms with Crippen LogP contribution in [0.2, 0.25) is 5.28 Å². The molecule has 2 aromatic heterocycles. The van der Waals surface area contributed by atoms with E-state index in [-0.39, 0.29) is 17.6 Å². The third kappa shape index (κ3) is 2.96. The first-order chi connectivity index (χ1) is 11.7. The van der Waals surface area contributed by atoms with Gasteiger partial charge in [0.25, 0.3) is 0 Å². The van der Waals surface area contributed by atoms with Crippen molar-refractivity contribution in [3.8, 4) is 0 Å². The fraction of sp³-hybridized carbons (Fsp3) is 0.688. The van der Waals surface area contributed by atoms with Crippen LogP contribution in [0.4, 0.5) is 5.82 Å². The van der Waals surface area contributed by atoms with Crippen molar-refractivity contribution in [2.24, 2.45) is 5.84 Å². The molecule has 3 heterocycles. The smallest absolute Gasteiger partial charge is 0.226 e. The van der Waals surface area contributed by atoms with Crippen molar-refractivity contribution < 1.29 is 4.74 Å². The molecule has 0 amide bonds. The Morgan fingerprint density at radius 2 is 1.92 bits per heavy atom. The lowest BCUT2D eigenvalue weighted by atomic mass is 9.95. The molecule has 2 aliphatic rings. The summed E-state index contributed by atoms with van der Waals surface area (Å²) >= 11 is 6.19. The topological polar surface area (TPSA) is 82.1 Å². The van der Waals surface area contributed by atoms with Gasteiger partial charge in [0.2, 0.25) is 5.28 Å². The Labute approximate surface area is 146 Å². The predicted octanol–water partition coefficient (Wildman–Crippen LogP) is 3.19. The Bertz CT molecular complexity index is 708. The molecule has 1 unspecified atom stereocenters. The maximum Gasteiger partial charge on any atom is 0.226 e. The van der Waals surface area contributed by atoms with Gasteiger partial charge in [-0.1, -0.05) is 19.3 Å². The molecular weight excluding hydrogens is 328 g/mol. The highest BCUT2D eigenvalue weighted by atomic mass is 35.5. The molecule has 7 nitrogen and oxygen atoms in total. The standard InChI is InChI=1S/C16H23ClN6O/c17-16-20-14-13(19-10-22(14)12-8-4-5-9-24-12)15(21-16)23(18)11-6-2-1-3-7-11/h10-12H,1-9,18H2. The zero-order chi connectivity index (χ0) is 16.5. The van der Waals surface area contributed by atoms with Crippen molar-refractivity contribution in [2.45, 2.75) is 63.6 Å². The summed E-state index contributed by atoms with van der Waals surface area (Å²) in [4.78, 5) is 13.3. The Hall–Kier alpha value is -1.44. The van der Waals surface area contributed by atoms with Gasteiger partial charge in [0.15, 0.2) is 17.0 Å². The molecule has 2 N–H and O–H groups in total. The first-order valence-corrected chi connectivity index (χ1v) is 9.17. The lowest BCUT2D eigenvalue weighted by molar-refractivity contribution is -0.0298. The van der Waals surface area contributed by atoms with Crippen LogP contribution in [0.25, 0.3) is 11.2 Å². The fourth-order valence-electron chi connectivity index (χ4n) is 3.74. The third-order valence-corrected chi connectivity index (χ3v) is 5.22. The summed E-state index contributed by atoms with van der Waals surface area (Å²) in [6.45, 7) is 0.765. The molecule has 1 atom stereocenters. The van der Waals surface area contributed by atoms with Gasteiger partial charge in [-0.25, -0.2) is 10.8 Å². The molecule has 8 heteroatoms. The van der Waals surface area contributed by atoms with E-state index in [0.29, 0.717) is 17.0 Å². The summed E-state index contributed by atoms with van der Waals surface area (Å²) in [7, 11) is 0. The second-order valence-corrected chi connectivity index (χ2v) is 7.00. The van der Waals surface area contributed by atoms with E-state index in [1.54, 1.807) is 11.3 Å². The van der Waals surface area contributed by atoms with Crippen molar-refractivity contribution in [3.05, 3.63) is 11.6 Å². The second kappa shape index (κ2) is 6.82. The first-order valence-electron chi connectivity index (χ1n) is 8.79. The minimum absolute atomic E-state index is 0.0385. The number of nitrogens with two attached hydrogens (primary N) is 1. The number of imidazole rings is 1. The van der Waals surface area contributed by atoms with Gasteiger partial charge in [-0.2, -0.15) is 9.97 Å². The number of rotatable bonds is 3. The summed E-state index contributed by atoms with van der Waals surface area (Å²) in [5.41, 5.74) is 1.39. The quantitative estimate of drug-likeness (QED) is 0.520. The van der Waals surface area contributed by atoms with Crippen molar-refractivity contribution in [1.82, 2.24) is 19.5 Å². The molecular formula is C16H23ClN6O. The van der Waals surface area contributed by atoms with Crippen LogP contribution < -0.4 is 10.9 Å². The molecule has 2 fully saturated rings. The Morgan fingerprint density at radius 1 is 1.12 bits per heavy atom. The van der Waals surface area contributed by atoms with Gasteiger partial charge in [-0.15, -0.1) is 0 Å². The molecule has 1 saturated carbocycles. The summed E-state index contributed by atoms with van der Waals surface area (Å²) in [5, 5.41) is 1.94. The molecule has 24 heavy (non-hydrogen) atoms. The number of aromatic nitrogens is 4. The van der Waals surface area contributed by atoms with Crippen LogP contribution in [-0.4, -0.2) is 32.2 Å². The number of fused-ring (bicyclic) bond motifs is 1. The number of nitrogens with zero attached hydrogens (tertiary/aromatic N) is 5. The number of anilines is 1. The largest absolute Gasteiger partial charge is 0.358 e. The number of halogens is 1. The van der Waals surface area contributed by atoms with E-state index in [1.807, 2.05) is 4.57 Å². The monoisotopic (exact) mass is 350 g/mol. The second-order valence-electron chi connectivity index (χ2n) is 6.66. The molecule has 1 saturated heterocycles. The van der Waals surface area contributed by atoms with E-state index >= 15 is 0 Å². The fourth-order valence-corrected chi connectivity index (χ4v) is 3.90. The SMILES string of the molecule is NN(c1nc(Cl)nc2c1ncn2C1CCCCO1)C1CCCCC1. The van der Waals surface area contributed by atoms with Crippen molar-refractivity contribution in [2.75, 3.05) is 11.6 Å². The van der Waals surface area contributed by atoms with Crippen LogP contribution in [-0.2, 0) is 4.74 Å². The van der Waals surface area contributed by atoms with Crippen molar-refractivity contribution in [3.63, 3.8) is 0 Å². The molecule has 0 bridgehead atoms. The third-order valence-electron chi connectivity index (χ3n) is 5.05. The minimum atomic E-state index is -0.0385. The van der Waals surface area contributed by atoms with Crippen LogP contribution in [0.3, 0.4) is 0 Å². The van der Waals surface area contributed by atoms with Crippen LogP contribution in [0.5, 0.6) is 0 Å². The van der Waals surface area contributed by atoms with E-state index in [9.17, 15) is 0 Å². The minimum Gasteiger partial charge on any atom is -0.358 e. The normalized spacial score (nSPS) is 22.8. The summed E-state index contributed by atoms with van der Waals surface area (Å²) in [6, 6.07) is 0.281. The average Bonchev–Trinajstić information content (AvgIpc) is 3.05. The van der Waals surface area contributed by atoms with E-state index in [2.05, 4.69) is 15.0 Å². The Kier molecular flexibility index (Phi) is 4.56. The average molecular weight is 351 g/mol. The van der Waals surface area contributed by atoms with Gasteiger partial charge < -0.3 is 4.74 Å². The van der Waals surface area contributed by atoms with Crippen molar-refractivity contribution in [1.29, 1.82) is 0 Å². The van der Waals surface area contributed by atoms with E-state index in [4.69, 9.17) is 22.2 Å². The van der Waals surface area contributed by atoms with Gasteiger partial charge in [-0.05, 0) is 43.7 Å². The molecule has 2 aromatic rings. The number of hydrazine groups is 1. The first kappa shape index (κ1) is 16.1. The lowest BCUT2D eigenvalue weighted by Gasteiger charge is -2.31. The van der Waals surface area contributed by atoms with Crippen molar-refractivity contribution >= 4 is 28.6 Å². The number of hydrogen-bond acceptors (Lipinski definition) is 6. The molecule has 130 valence electrons. The lowest BCUT2D eigenvalue weighted by Crippen LogP contribution is -2.43. The summed E-state index contributed by atoms with van der Waals surface area (Å²) in [6.07, 6.45) is 10.7. The highest BCUT2D eigenvalue weighted by molar-refractivity contribution is 6.28. The van der Waals surface area contributed by atoms with Gasteiger partial charge >= 0.3 is 0 Å². The molecule has 1 aliphatic heterocycles. The van der Waals surface area contributed by atoms with Crippen LogP contribution >= 0.6 is 11.6 Å². The highest BCUT2D eigenvalue weighted by Gasteiger charge is 2.26. The Balaban J connectivity index is 1.71. The van der Waals surface area contributed by atoms with Crippen LogP contribution in [0, 0.1) is 0 Å². The number of hydrogen-bond donors (Lipinski definition) is 1. The maximum absolute atomic E-state index is 6.40. The molecule has 4 rings (SSSR count). The van der Waals surface area contributed by atoms with E-state index in [1.165, 1.54) is 19.3 Å². The molecule has 1 aliphatic carbocycles. The molecule has 0 radical (unpaired) electrons. The predicted molar refractivity (Wildman–Crippen MR) is 92.7 cm³/mol. The Morgan fingerprint density at radius 3 is 2.67 bits per heavy atom. The number of ether oxygens (including phenoxy) is 1. The zero-order valence-corrected chi connectivity index (χ0v) is 14.5. The van der Waals surface area contributed by atoms with Gasteiger partial charge in [0, 0.05) is 12.6 Å². The highest BCUT2D eigenvalue weighted by Crippen LogP contribution is 2.31. The van der Waals surface area contributed by atoms with E-state index in [0.717, 1.165) is 38.7 Å². The van der Waals surface area contributed by atoms with Gasteiger partial charge in [0.1, 0.15) is 6.23 Å². The van der Waals surface area contributed by atoms with Crippen LogP contribution in [0.1, 0.15) is 57.6 Å². The van der Waals surface area contributed by atoms with E-state index < -0.39 is 0 Å². The molecule has 0 spiro atoms. The van der Waals surface area contributed by atoms with Gasteiger partial charge in [0.05, 0.1) is 6.33 Å². The maximum atomic E-state index is 6.40. The summed E-state index contributed by atoms with van der Waals surface area (Å²) < 4.78 is 7.82. The zero-order valence-electron chi connectivity index (χ0n) is 13.7. The summed E-state index contributed by atoms with van der Waals surface area (Å²) in [5.74, 6) is 7.01. The molecule has 0 aromatic carbocycles. The van der Waals surface area contributed by atoms with Crippen LogP contribution in [0.15, 0.2) is 6.33 Å².